The van der Waals surface area contributed by atoms with Crippen molar-refractivity contribution in [3.63, 3.8) is 0 Å². The lowest BCUT2D eigenvalue weighted by molar-refractivity contribution is -0.130. The normalized spacial score (nSPS) is 11.8. The first-order valence-corrected chi connectivity index (χ1v) is 6.38. The van der Waals surface area contributed by atoms with E-state index in [0.29, 0.717) is 17.8 Å². The Morgan fingerprint density at radius 2 is 2.21 bits per heavy atom. The van der Waals surface area contributed by atoms with Crippen LogP contribution in [0.2, 0.25) is 0 Å². The molecule has 1 atom stereocenters. The molecule has 3 N–H and O–H groups in total. The highest BCUT2D eigenvalue weighted by atomic mass is 32.1. The van der Waals surface area contributed by atoms with Gasteiger partial charge in [-0.15, -0.1) is 0 Å². The average Bonchev–Trinajstić information content (AvgIpc) is 2.38. The molecule has 0 bridgehead atoms. The molecule has 0 radical (unpaired) electrons. The molecule has 0 aliphatic carbocycles. The minimum atomic E-state index is -0.441. The van der Waals surface area contributed by atoms with Gasteiger partial charge in [-0.25, -0.2) is 4.39 Å². The zero-order chi connectivity index (χ0) is 14.6. The number of amides is 1. The maximum absolute atomic E-state index is 13.2. The molecule has 1 amide bonds. The number of rotatable bonds is 5. The van der Waals surface area contributed by atoms with Crippen molar-refractivity contribution in [2.45, 2.75) is 19.9 Å². The van der Waals surface area contributed by atoms with E-state index in [-0.39, 0.29) is 10.9 Å². The van der Waals surface area contributed by atoms with Crippen molar-refractivity contribution in [1.29, 1.82) is 0 Å². The molecule has 1 aromatic rings. The molecular formula is C13H18FN3OS. The zero-order valence-corrected chi connectivity index (χ0v) is 12.1. The summed E-state index contributed by atoms with van der Waals surface area (Å²) in [7, 11) is 1.72. The summed E-state index contributed by atoms with van der Waals surface area (Å²) < 4.78 is 13.2. The molecule has 0 aliphatic rings. The van der Waals surface area contributed by atoms with Crippen molar-refractivity contribution in [2.75, 3.05) is 18.9 Å². The lowest BCUT2D eigenvalue weighted by atomic mass is 10.1. The van der Waals surface area contributed by atoms with Crippen LogP contribution in [0.5, 0.6) is 0 Å². The van der Waals surface area contributed by atoms with Crippen LogP contribution in [0.4, 0.5) is 10.1 Å². The van der Waals surface area contributed by atoms with E-state index in [1.165, 1.54) is 18.2 Å². The van der Waals surface area contributed by atoms with Gasteiger partial charge in [0.05, 0.1) is 0 Å². The Hall–Kier alpha value is -1.69. The van der Waals surface area contributed by atoms with Crippen molar-refractivity contribution >= 4 is 28.8 Å². The summed E-state index contributed by atoms with van der Waals surface area (Å²) in [6.07, 6.45) is 0. The SMILES string of the molecule is CCN(C)C(=O)C(C)Nc1ccc(F)cc1C(N)=S. The molecule has 104 valence electrons. The van der Waals surface area contributed by atoms with Crippen LogP contribution in [0.3, 0.4) is 0 Å². The summed E-state index contributed by atoms with van der Waals surface area (Å²) in [6.45, 7) is 4.25. The van der Waals surface area contributed by atoms with E-state index in [4.69, 9.17) is 18.0 Å². The van der Waals surface area contributed by atoms with Gasteiger partial charge in [-0.1, -0.05) is 12.2 Å². The minimum absolute atomic E-state index is 0.0549. The van der Waals surface area contributed by atoms with Crippen LogP contribution < -0.4 is 11.1 Å². The first-order valence-electron chi connectivity index (χ1n) is 5.97. The topological polar surface area (TPSA) is 58.4 Å². The van der Waals surface area contributed by atoms with Crippen LogP contribution in [0.1, 0.15) is 19.4 Å². The molecule has 19 heavy (non-hydrogen) atoms. The van der Waals surface area contributed by atoms with Gasteiger partial charge < -0.3 is 16.0 Å². The van der Waals surface area contributed by atoms with Crippen molar-refractivity contribution < 1.29 is 9.18 Å². The molecule has 0 fully saturated rings. The third-order valence-corrected chi connectivity index (χ3v) is 3.06. The fourth-order valence-electron chi connectivity index (χ4n) is 1.63. The van der Waals surface area contributed by atoms with Gasteiger partial charge in [0.25, 0.3) is 0 Å². The first kappa shape index (κ1) is 15.4. The second kappa shape index (κ2) is 6.47. The van der Waals surface area contributed by atoms with Crippen LogP contribution in [0, 0.1) is 5.82 Å². The van der Waals surface area contributed by atoms with Crippen LogP contribution in [0.25, 0.3) is 0 Å². The fourth-order valence-corrected chi connectivity index (χ4v) is 1.80. The van der Waals surface area contributed by atoms with Gasteiger partial charge in [0, 0.05) is 24.8 Å². The zero-order valence-electron chi connectivity index (χ0n) is 11.2. The molecule has 1 unspecified atom stereocenters. The quantitative estimate of drug-likeness (QED) is 0.808. The van der Waals surface area contributed by atoms with E-state index in [1.54, 1.807) is 18.9 Å². The van der Waals surface area contributed by atoms with Gasteiger partial charge in [0.1, 0.15) is 16.8 Å². The predicted molar refractivity (Wildman–Crippen MR) is 78.7 cm³/mol. The van der Waals surface area contributed by atoms with Crippen LogP contribution in [-0.4, -0.2) is 35.4 Å². The summed E-state index contributed by atoms with van der Waals surface area (Å²) in [6, 6.07) is 3.64. The smallest absolute Gasteiger partial charge is 0.244 e. The van der Waals surface area contributed by atoms with E-state index < -0.39 is 11.9 Å². The number of hydrogen-bond acceptors (Lipinski definition) is 3. The second-order valence-corrected chi connectivity index (χ2v) is 4.71. The summed E-state index contributed by atoms with van der Waals surface area (Å²) in [5.41, 5.74) is 6.50. The summed E-state index contributed by atoms with van der Waals surface area (Å²) in [5.74, 6) is -0.473. The Morgan fingerprint density at radius 3 is 2.74 bits per heavy atom. The molecule has 1 aromatic carbocycles. The molecule has 0 aliphatic heterocycles. The Morgan fingerprint density at radius 1 is 1.58 bits per heavy atom. The van der Waals surface area contributed by atoms with E-state index in [9.17, 15) is 9.18 Å². The van der Waals surface area contributed by atoms with Gasteiger partial charge in [-0.2, -0.15) is 0 Å². The molecular weight excluding hydrogens is 265 g/mol. The minimum Gasteiger partial charge on any atom is -0.389 e. The summed E-state index contributed by atoms with van der Waals surface area (Å²) in [4.78, 5) is 13.6. The Bertz CT molecular complexity index is 493. The number of nitrogens with one attached hydrogen (secondary N) is 1. The number of likely N-dealkylation sites (N-methyl/N-ethyl adjacent to an activating group) is 1. The van der Waals surface area contributed by atoms with E-state index in [1.807, 2.05) is 6.92 Å². The van der Waals surface area contributed by atoms with Crippen molar-refractivity contribution in [2.24, 2.45) is 5.73 Å². The monoisotopic (exact) mass is 283 g/mol. The number of thiocarbonyl (C=S) groups is 1. The Labute approximate surface area is 117 Å². The van der Waals surface area contributed by atoms with Crippen LogP contribution in [-0.2, 0) is 4.79 Å². The van der Waals surface area contributed by atoms with Gasteiger partial charge in [-0.3, -0.25) is 4.79 Å². The highest BCUT2D eigenvalue weighted by Gasteiger charge is 2.18. The van der Waals surface area contributed by atoms with Crippen molar-refractivity contribution in [1.82, 2.24) is 4.90 Å². The maximum atomic E-state index is 13.2. The molecule has 0 saturated heterocycles. The third-order valence-electron chi connectivity index (χ3n) is 2.84. The molecule has 0 heterocycles. The number of carbonyl (C=O) groups excluding carboxylic acids is 1. The van der Waals surface area contributed by atoms with Gasteiger partial charge in [0.15, 0.2) is 0 Å². The largest absolute Gasteiger partial charge is 0.389 e. The number of carbonyl (C=O) groups is 1. The number of anilines is 1. The van der Waals surface area contributed by atoms with E-state index in [2.05, 4.69) is 5.32 Å². The van der Waals surface area contributed by atoms with Crippen molar-refractivity contribution in [3.05, 3.63) is 29.6 Å². The highest BCUT2D eigenvalue weighted by Crippen LogP contribution is 2.18. The Balaban J connectivity index is 2.93. The molecule has 0 aromatic heterocycles. The second-order valence-electron chi connectivity index (χ2n) is 4.27. The van der Waals surface area contributed by atoms with Crippen LogP contribution >= 0.6 is 12.2 Å². The molecule has 1 rings (SSSR count). The fraction of sp³-hybridized carbons (Fsp3) is 0.385. The lowest BCUT2D eigenvalue weighted by Crippen LogP contribution is -2.39. The standard InChI is InChI=1S/C13H18FN3OS/c1-4-17(3)13(18)8(2)16-11-6-5-9(14)7-10(11)12(15)19/h5-8,16H,4H2,1-3H3,(H2,15,19). The van der Waals surface area contributed by atoms with Crippen LogP contribution in [0.15, 0.2) is 18.2 Å². The predicted octanol–water partition coefficient (Wildman–Crippen LogP) is 1.74. The molecule has 0 saturated carbocycles. The van der Waals surface area contributed by atoms with Crippen molar-refractivity contribution in [3.8, 4) is 0 Å². The molecule has 4 nitrogen and oxygen atoms in total. The van der Waals surface area contributed by atoms with Gasteiger partial charge in [-0.05, 0) is 32.0 Å². The van der Waals surface area contributed by atoms with Gasteiger partial charge in [0.2, 0.25) is 5.91 Å². The maximum Gasteiger partial charge on any atom is 0.244 e. The highest BCUT2D eigenvalue weighted by molar-refractivity contribution is 7.80. The lowest BCUT2D eigenvalue weighted by Gasteiger charge is -2.22. The summed E-state index contributed by atoms with van der Waals surface area (Å²) >= 11 is 4.88. The number of nitrogens with zero attached hydrogens (tertiary/aromatic N) is 1. The van der Waals surface area contributed by atoms with E-state index in [0.717, 1.165) is 0 Å². The summed E-state index contributed by atoms with van der Waals surface area (Å²) in [5, 5.41) is 3.01. The Kier molecular flexibility index (Phi) is 5.23. The molecule has 6 heteroatoms. The number of nitrogens with two attached hydrogens (primary N) is 1. The van der Waals surface area contributed by atoms with E-state index >= 15 is 0 Å². The molecule has 0 spiro atoms. The third kappa shape index (κ3) is 3.89. The average molecular weight is 283 g/mol. The van der Waals surface area contributed by atoms with Gasteiger partial charge >= 0.3 is 0 Å². The first-order chi connectivity index (χ1) is 8.86. The number of hydrogen-bond donors (Lipinski definition) is 2. The number of halogens is 1. The number of benzene rings is 1.